The van der Waals surface area contributed by atoms with Gasteiger partial charge in [0.15, 0.2) is 0 Å². The maximum absolute atomic E-state index is 12.8. The quantitative estimate of drug-likeness (QED) is 0.681. The lowest BCUT2D eigenvalue weighted by atomic mass is 10.3. The monoisotopic (exact) mass is 460 g/mol. The van der Waals surface area contributed by atoms with Gasteiger partial charge in [-0.25, -0.2) is 8.42 Å². The molecule has 0 aromatic heterocycles. The molecule has 0 aliphatic rings. The topological polar surface area (TPSA) is 75.7 Å². The molecule has 0 heterocycles. The van der Waals surface area contributed by atoms with E-state index in [0.29, 0.717) is 16.8 Å². The summed E-state index contributed by atoms with van der Waals surface area (Å²) in [5, 5.41) is 2.93. The highest BCUT2D eigenvalue weighted by molar-refractivity contribution is 9.10. The molecule has 0 spiro atoms. The minimum atomic E-state index is -3.96. The van der Waals surface area contributed by atoms with E-state index in [9.17, 15) is 13.2 Å². The Kier molecular flexibility index (Phi) is 7.05. The van der Waals surface area contributed by atoms with Crippen molar-refractivity contribution in [1.82, 2.24) is 4.31 Å². The number of rotatable bonds is 7. The Morgan fingerprint density at radius 1 is 1.27 bits per heavy atom. The number of benzene rings is 2. The molecular weight excluding hydrogens is 444 g/mol. The number of hydrogen-bond donors (Lipinski definition) is 1. The smallest absolute Gasteiger partial charge is 0.247 e. The number of likely N-dealkylation sites (N-methyl/N-ethyl adjacent to an activating group) is 1. The molecule has 0 saturated heterocycles. The van der Waals surface area contributed by atoms with Gasteiger partial charge in [0.1, 0.15) is 10.6 Å². The van der Waals surface area contributed by atoms with Crippen molar-refractivity contribution in [2.24, 2.45) is 0 Å². The molecule has 9 heteroatoms. The maximum Gasteiger partial charge on any atom is 0.247 e. The molecule has 0 unspecified atom stereocenters. The van der Waals surface area contributed by atoms with Gasteiger partial charge in [0.25, 0.3) is 0 Å². The first kappa shape index (κ1) is 20.7. The molecule has 6 nitrogen and oxygen atoms in total. The molecule has 140 valence electrons. The lowest BCUT2D eigenvalue weighted by Crippen LogP contribution is -2.35. The van der Waals surface area contributed by atoms with Crippen LogP contribution in [-0.2, 0) is 14.8 Å². The molecule has 0 saturated carbocycles. The van der Waals surface area contributed by atoms with Crippen LogP contribution in [0.15, 0.2) is 51.8 Å². The number of carbonyl (C=O) groups excluding carboxylic acids is 1. The number of ether oxygens (including phenoxy) is 1. The predicted molar refractivity (Wildman–Crippen MR) is 105 cm³/mol. The second-order valence-corrected chi connectivity index (χ2v) is 8.62. The van der Waals surface area contributed by atoms with Crippen LogP contribution in [0.3, 0.4) is 0 Å². The van der Waals surface area contributed by atoms with Crippen molar-refractivity contribution in [3.05, 3.63) is 52.0 Å². The van der Waals surface area contributed by atoms with Gasteiger partial charge in [0, 0.05) is 16.5 Å². The van der Waals surface area contributed by atoms with Gasteiger partial charge in [-0.05, 0) is 53.2 Å². The fourth-order valence-electron chi connectivity index (χ4n) is 2.17. The van der Waals surface area contributed by atoms with Crippen LogP contribution < -0.4 is 10.1 Å². The zero-order chi connectivity index (χ0) is 19.3. The summed E-state index contributed by atoms with van der Waals surface area (Å²) < 4.78 is 32.7. The van der Waals surface area contributed by atoms with E-state index in [0.717, 1.165) is 4.31 Å². The van der Waals surface area contributed by atoms with E-state index in [1.165, 1.54) is 19.2 Å². The number of sulfonamides is 1. The minimum Gasteiger partial charge on any atom is -0.492 e. The largest absolute Gasteiger partial charge is 0.492 e. The van der Waals surface area contributed by atoms with E-state index >= 15 is 0 Å². The van der Waals surface area contributed by atoms with Crippen LogP contribution >= 0.6 is 27.5 Å². The molecule has 2 rings (SSSR count). The van der Waals surface area contributed by atoms with Gasteiger partial charge >= 0.3 is 0 Å². The Morgan fingerprint density at radius 2 is 1.96 bits per heavy atom. The highest BCUT2D eigenvalue weighted by Crippen LogP contribution is 2.29. The van der Waals surface area contributed by atoms with E-state index < -0.39 is 15.9 Å². The van der Waals surface area contributed by atoms with Crippen molar-refractivity contribution in [3.8, 4) is 5.75 Å². The van der Waals surface area contributed by atoms with Crippen molar-refractivity contribution >= 4 is 49.1 Å². The van der Waals surface area contributed by atoms with Gasteiger partial charge in [0.05, 0.1) is 18.8 Å². The van der Waals surface area contributed by atoms with E-state index in [4.69, 9.17) is 16.3 Å². The molecule has 1 N–H and O–H groups in total. The van der Waals surface area contributed by atoms with Crippen molar-refractivity contribution < 1.29 is 17.9 Å². The summed E-state index contributed by atoms with van der Waals surface area (Å²) >= 11 is 9.26. The summed E-state index contributed by atoms with van der Waals surface area (Å²) in [6, 6.07) is 11.4. The Balaban J connectivity index is 2.20. The van der Waals surface area contributed by atoms with Crippen molar-refractivity contribution in [2.75, 3.05) is 25.5 Å². The van der Waals surface area contributed by atoms with Gasteiger partial charge in [0.2, 0.25) is 15.9 Å². The van der Waals surface area contributed by atoms with E-state index in [2.05, 4.69) is 21.2 Å². The average molecular weight is 462 g/mol. The molecular formula is C17H18BrClN2O4S. The number of hydrogen-bond acceptors (Lipinski definition) is 4. The number of para-hydroxylation sites is 1. The SMILES string of the molecule is CCOc1ccc(Cl)cc1S(=O)(=O)N(C)CC(=O)Nc1ccccc1Br. The molecule has 0 aliphatic carbocycles. The summed E-state index contributed by atoms with van der Waals surface area (Å²) in [5.41, 5.74) is 0.557. The van der Waals surface area contributed by atoms with Gasteiger partial charge in [-0.1, -0.05) is 23.7 Å². The highest BCUT2D eigenvalue weighted by atomic mass is 79.9. The average Bonchev–Trinajstić information content (AvgIpc) is 2.58. The maximum atomic E-state index is 12.8. The summed E-state index contributed by atoms with van der Waals surface area (Å²) in [7, 11) is -2.64. The highest BCUT2D eigenvalue weighted by Gasteiger charge is 2.27. The minimum absolute atomic E-state index is 0.0805. The number of carbonyl (C=O) groups is 1. The zero-order valence-electron chi connectivity index (χ0n) is 14.2. The van der Waals surface area contributed by atoms with Crippen LogP contribution in [0.5, 0.6) is 5.75 Å². The van der Waals surface area contributed by atoms with Gasteiger partial charge < -0.3 is 10.1 Å². The summed E-state index contributed by atoms with van der Waals surface area (Å²) in [4.78, 5) is 12.2. The van der Waals surface area contributed by atoms with Gasteiger partial charge in [-0.3, -0.25) is 4.79 Å². The Bertz CT molecular complexity index is 905. The molecule has 26 heavy (non-hydrogen) atoms. The third kappa shape index (κ3) is 4.97. The zero-order valence-corrected chi connectivity index (χ0v) is 17.4. The third-order valence-electron chi connectivity index (χ3n) is 3.41. The number of halogens is 2. The molecule has 0 fully saturated rings. The van der Waals surface area contributed by atoms with Crippen molar-refractivity contribution in [3.63, 3.8) is 0 Å². The van der Waals surface area contributed by atoms with Crippen LogP contribution in [-0.4, -0.2) is 38.8 Å². The summed E-state index contributed by atoms with van der Waals surface area (Å²) in [6.07, 6.45) is 0. The van der Waals surface area contributed by atoms with Crippen LogP contribution in [0.2, 0.25) is 5.02 Å². The molecule has 0 aliphatic heterocycles. The first-order valence-electron chi connectivity index (χ1n) is 7.68. The van der Waals surface area contributed by atoms with Crippen LogP contribution in [0.25, 0.3) is 0 Å². The van der Waals surface area contributed by atoms with Crippen molar-refractivity contribution in [1.29, 1.82) is 0 Å². The van der Waals surface area contributed by atoms with Crippen LogP contribution in [0.1, 0.15) is 6.92 Å². The number of nitrogens with zero attached hydrogens (tertiary/aromatic N) is 1. The van der Waals surface area contributed by atoms with E-state index in [-0.39, 0.29) is 22.2 Å². The number of nitrogens with one attached hydrogen (secondary N) is 1. The summed E-state index contributed by atoms with van der Waals surface area (Å²) in [6.45, 7) is 1.69. The van der Waals surface area contributed by atoms with Crippen LogP contribution in [0, 0.1) is 0 Å². The summed E-state index contributed by atoms with van der Waals surface area (Å²) in [5.74, 6) is -0.280. The third-order valence-corrected chi connectivity index (χ3v) is 6.16. The second-order valence-electron chi connectivity index (χ2n) is 5.31. The molecule has 0 bridgehead atoms. The fraction of sp³-hybridized carbons (Fsp3) is 0.235. The molecule has 1 amide bonds. The van der Waals surface area contributed by atoms with Gasteiger partial charge in [-0.15, -0.1) is 0 Å². The molecule has 2 aromatic rings. The van der Waals surface area contributed by atoms with Crippen LogP contribution in [0.4, 0.5) is 5.69 Å². The number of anilines is 1. The normalized spacial score (nSPS) is 11.4. The first-order valence-corrected chi connectivity index (χ1v) is 10.3. The lowest BCUT2D eigenvalue weighted by Gasteiger charge is -2.19. The Hall–Kier alpha value is -1.61. The standard InChI is InChI=1S/C17H18BrClN2O4S/c1-3-25-15-9-8-12(19)10-16(15)26(23,24)21(2)11-17(22)20-14-7-5-4-6-13(14)18/h4-10H,3,11H2,1-2H3,(H,20,22). The predicted octanol–water partition coefficient (Wildman–Crippen LogP) is 3.76. The number of amides is 1. The van der Waals surface area contributed by atoms with Gasteiger partial charge in [-0.2, -0.15) is 4.31 Å². The van der Waals surface area contributed by atoms with E-state index in [1.807, 2.05) is 6.07 Å². The Labute approximate surface area is 166 Å². The Morgan fingerprint density at radius 3 is 2.62 bits per heavy atom. The molecule has 2 aromatic carbocycles. The van der Waals surface area contributed by atoms with E-state index in [1.54, 1.807) is 31.2 Å². The molecule has 0 radical (unpaired) electrons. The second kappa shape index (κ2) is 8.85. The first-order chi connectivity index (χ1) is 12.3. The van der Waals surface area contributed by atoms with Crippen molar-refractivity contribution in [2.45, 2.75) is 11.8 Å². The molecule has 0 atom stereocenters. The fourth-order valence-corrected chi connectivity index (χ4v) is 4.07. The lowest BCUT2D eigenvalue weighted by molar-refractivity contribution is -0.116.